The van der Waals surface area contributed by atoms with Gasteiger partial charge in [0, 0.05) is 26.0 Å². The summed E-state index contributed by atoms with van der Waals surface area (Å²) in [5.41, 5.74) is 0.285. The molecule has 0 radical (unpaired) electrons. The van der Waals surface area contributed by atoms with Crippen molar-refractivity contribution in [2.24, 2.45) is 5.92 Å². The molecular weight excluding hydrogens is 370 g/mol. The monoisotopic (exact) mass is 399 g/mol. The summed E-state index contributed by atoms with van der Waals surface area (Å²) in [5, 5.41) is 11.6. The molecule has 0 aromatic carbocycles. The quantitative estimate of drug-likeness (QED) is 0.603. The number of carbonyl (C=O) groups is 1. The van der Waals surface area contributed by atoms with Crippen LogP contribution in [0.15, 0.2) is 24.1 Å². The number of pyridine rings is 1. The SMILES string of the molecule is CCc1cc(C#CC(O)(CC2=CC(=O)OC(C)(C)O2)C2CCCC2)c(OC)cn1. The molecule has 1 fully saturated rings. The van der Waals surface area contributed by atoms with Crippen molar-refractivity contribution < 1.29 is 24.1 Å². The maximum absolute atomic E-state index is 11.9. The number of rotatable bonds is 5. The van der Waals surface area contributed by atoms with Gasteiger partial charge < -0.3 is 19.3 Å². The van der Waals surface area contributed by atoms with Crippen LogP contribution in [0.5, 0.6) is 5.75 Å². The van der Waals surface area contributed by atoms with Crippen molar-refractivity contribution in [3.8, 4) is 17.6 Å². The highest BCUT2D eigenvalue weighted by molar-refractivity contribution is 5.83. The minimum absolute atomic E-state index is 0.0130. The van der Waals surface area contributed by atoms with Crippen LogP contribution in [0.4, 0.5) is 0 Å². The number of cyclic esters (lactones) is 1. The van der Waals surface area contributed by atoms with E-state index in [1.807, 2.05) is 13.0 Å². The topological polar surface area (TPSA) is 77.9 Å². The third-order valence-corrected chi connectivity index (χ3v) is 5.40. The minimum Gasteiger partial charge on any atom is -0.494 e. The summed E-state index contributed by atoms with van der Waals surface area (Å²) >= 11 is 0. The number of hydrogen-bond donors (Lipinski definition) is 1. The van der Waals surface area contributed by atoms with Gasteiger partial charge in [-0.15, -0.1) is 0 Å². The zero-order chi connectivity index (χ0) is 21.1. The smallest absolute Gasteiger partial charge is 0.337 e. The van der Waals surface area contributed by atoms with Crippen LogP contribution in [-0.4, -0.2) is 34.6 Å². The number of ether oxygens (including phenoxy) is 3. The van der Waals surface area contributed by atoms with Crippen LogP contribution in [0.1, 0.15) is 64.1 Å². The van der Waals surface area contributed by atoms with Gasteiger partial charge in [-0.2, -0.15) is 0 Å². The van der Waals surface area contributed by atoms with E-state index in [1.165, 1.54) is 6.08 Å². The van der Waals surface area contributed by atoms with Crippen molar-refractivity contribution >= 4 is 5.97 Å². The minimum atomic E-state index is -1.31. The van der Waals surface area contributed by atoms with E-state index in [2.05, 4.69) is 16.8 Å². The third-order valence-electron chi connectivity index (χ3n) is 5.40. The summed E-state index contributed by atoms with van der Waals surface area (Å²) in [6.07, 6.45) is 7.76. The highest BCUT2D eigenvalue weighted by Crippen LogP contribution is 2.39. The van der Waals surface area contributed by atoms with Crippen LogP contribution in [0, 0.1) is 17.8 Å². The predicted molar refractivity (Wildman–Crippen MR) is 108 cm³/mol. The van der Waals surface area contributed by atoms with E-state index in [-0.39, 0.29) is 12.3 Å². The van der Waals surface area contributed by atoms with Gasteiger partial charge in [0.1, 0.15) is 11.4 Å². The Hall–Kier alpha value is -2.52. The van der Waals surface area contributed by atoms with Crippen molar-refractivity contribution in [1.82, 2.24) is 4.98 Å². The molecule has 1 unspecified atom stereocenters. The van der Waals surface area contributed by atoms with Gasteiger partial charge in [0.15, 0.2) is 5.75 Å². The summed E-state index contributed by atoms with van der Waals surface area (Å²) < 4.78 is 16.3. The Kier molecular flexibility index (Phi) is 6.18. The number of aryl methyl sites for hydroxylation is 1. The first-order valence-electron chi connectivity index (χ1n) is 10.2. The van der Waals surface area contributed by atoms with Crippen LogP contribution in [0.25, 0.3) is 0 Å². The average Bonchev–Trinajstić information content (AvgIpc) is 3.20. The van der Waals surface area contributed by atoms with Gasteiger partial charge in [-0.3, -0.25) is 4.98 Å². The number of carbonyl (C=O) groups excluding carboxylic acids is 1. The normalized spacial score (nSPS) is 20.6. The summed E-state index contributed by atoms with van der Waals surface area (Å²) in [4.78, 5) is 16.2. The molecule has 6 heteroatoms. The van der Waals surface area contributed by atoms with Crippen LogP contribution in [0.3, 0.4) is 0 Å². The van der Waals surface area contributed by atoms with Gasteiger partial charge in [0.25, 0.3) is 0 Å². The fourth-order valence-corrected chi connectivity index (χ4v) is 3.93. The van der Waals surface area contributed by atoms with E-state index in [4.69, 9.17) is 14.2 Å². The second-order valence-electron chi connectivity index (χ2n) is 8.10. The van der Waals surface area contributed by atoms with E-state index in [0.29, 0.717) is 17.1 Å². The van der Waals surface area contributed by atoms with Crippen LogP contribution in [-0.2, 0) is 20.7 Å². The van der Waals surface area contributed by atoms with Gasteiger partial charge in [0.2, 0.25) is 5.79 Å². The van der Waals surface area contributed by atoms with E-state index in [1.54, 1.807) is 27.2 Å². The molecule has 1 aliphatic heterocycles. The van der Waals surface area contributed by atoms with Crippen molar-refractivity contribution in [2.75, 3.05) is 7.11 Å². The van der Waals surface area contributed by atoms with Gasteiger partial charge in [-0.25, -0.2) is 4.79 Å². The molecule has 1 saturated carbocycles. The number of aliphatic hydroxyl groups is 1. The second kappa shape index (κ2) is 8.46. The summed E-state index contributed by atoms with van der Waals surface area (Å²) in [7, 11) is 1.57. The zero-order valence-corrected chi connectivity index (χ0v) is 17.6. The standard InChI is InChI=1S/C23H29NO5/c1-5-18-12-16(20(27-4)15-24-18)10-11-23(26,17-8-6-7-9-17)14-19-13-21(25)29-22(2,3)28-19/h12-13,15,17,26H,5-9,14H2,1-4H3. The van der Waals surface area contributed by atoms with Crippen molar-refractivity contribution in [3.05, 3.63) is 35.4 Å². The molecule has 0 amide bonds. The van der Waals surface area contributed by atoms with E-state index in [0.717, 1.165) is 37.8 Å². The van der Waals surface area contributed by atoms with E-state index >= 15 is 0 Å². The lowest BCUT2D eigenvalue weighted by molar-refractivity contribution is -0.207. The van der Waals surface area contributed by atoms with Gasteiger partial charge in [0.05, 0.1) is 24.9 Å². The lowest BCUT2D eigenvalue weighted by Crippen LogP contribution is -2.40. The number of hydrogen-bond acceptors (Lipinski definition) is 6. The molecule has 1 N–H and O–H groups in total. The Labute approximate surface area is 172 Å². The highest BCUT2D eigenvalue weighted by atomic mass is 16.7. The molecule has 1 aromatic heterocycles. The molecule has 0 saturated heterocycles. The first-order valence-corrected chi connectivity index (χ1v) is 10.2. The van der Waals surface area contributed by atoms with Crippen LogP contribution >= 0.6 is 0 Å². The Bertz CT molecular complexity index is 858. The Balaban J connectivity index is 1.95. The summed E-state index contributed by atoms with van der Waals surface area (Å²) in [5.74, 6) is 5.66. The second-order valence-corrected chi connectivity index (χ2v) is 8.10. The molecular formula is C23H29NO5. The molecule has 0 spiro atoms. The Morgan fingerprint density at radius 3 is 2.69 bits per heavy atom. The maximum atomic E-state index is 11.9. The van der Waals surface area contributed by atoms with Crippen molar-refractivity contribution in [3.63, 3.8) is 0 Å². The first-order chi connectivity index (χ1) is 13.7. The molecule has 2 heterocycles. The summed E-state index contributed by atoms with van der Waals surface area (Å²) in [6, 6.07) is 1.89. The van der Waals surface area contributed by atoms with Gasteiger partial charge in [-0.05, 0) is 31.2 Å². The lowest BCUT2D eigenvalue weighted by atomic mass is 9.82. The Morgan fingerprint density at radius 2 is 2.07 bits per heavy atom. The largest absolute Gasteiger partial charge is 0.494 e. The fourth-order valence-electron chi connectivity index (χ4n) is 3.93. The van der Waals surface area contributed by atoms with Crippen LogP contribution < -0.4 is 4.74 Å². The lowest BCUT2D eigenvalue weighted by Gasteiger charge is -2.35. The molecule has 1 aromatic rings. The Morgan fingerprint density at radius 1 is 1.34 bits per heavy atom. The van der Waals surface area contributed by atoms with E-state index in [9.17, 15) is 9.90 Å². The third kappa shape index (κ3) is 5.10. The molecule has 6 nitrogen and oxygen atoms in total. The number of methoxy groups -OCH3 is 1. The average molecular weight is 399 g/mol. The van der Waals surface area contributed by atoms with Crippen molar-refractivity contribution in [2.45, 2.75) is 70.7 Å². The van der Waals surface area contributed by atoms with Gasteiger partial charge in [-0.1, -0.05) is 31.6 Å². The van der Waals surface area contributed by atoms with E-state index < -0.39 is 17.4 Å². The molecule has 0 bridgehead atoms. The number of nitrogens with zero attached hydrogens (tertiary/aromatic N) is 1. The number of aromatic nitrogens is 1. The van der Waals surface area contributed by atoms with Crippen LogP contribution in [0.2, 0.25) is 0 Å². The fraction of sp³-hybridized carbons (Fsp3) is 0.565. The van der Waals surface area contributed by atoms with Gasteiger partial charge >= 0.3 is 5.97 Å². The molecule has 2 aliphatic rings. The first kappa shape index (κ1) is 21.2. The molecule has 1 atom stereocenters. The van der Waals surface area contributed by atoms with Crippen molar-refractivity contribution in [1.29, 1.82) is 0 Å². The summed E-state index contributed by atoms with van der Waals surface area (Å²) in [6.45, 7) is 5.37. The zero-order valence-electron chi connectivity index (χ0n) is 17.6. The molecule has 1 aliphatic carbocycles. The molecule has 3 rings (SSSR count). The maximum Gasteiger partial charge on any atom is 0.337 e. The highest BCUT2D eigenvalue weighted by Gasteiger charge is 2.41. The predicted octanol–water partition coefficient (Wildman–Crippen LogP) is 3.51. The molecule has 29 heavy (non-hydrogen) atoms. The molecule has 156 valence electrons. The number of esters is 1.